The summed E-state index contributed by atoms with van der Waals surface area (Å²) >= 11 is 0. The summed E-state index contributed by atoms with van der Waals surface area (Å²) < 4.78 is 0. The van der Waals surface area contributed by atoms with Gasteiger partial charge in [0, 0.05) is 6.04 Å². The highest BCUT2D eigenvalue weighted by molar-refractivity contribution is 5.17. The Morgan fingerprint density at radius 1 is 1.06 bits per heavy atom. The van der Waals surface area contributed by atoms with Gasteiger partial charge in [-0.2, -0.15) is 0 Å². The highest BCUT2D eigenvalue weighted by Gasteiger charge is 2.64. The number of rotatable bonds is 3. The smallest absolute Gasteiger partial charge is 0.0181 e. The van der Waals surface area contributed by atoms with Gasteiger partial charge in [-0.15, -0.1) is 0 Å². The lowest BCUT2D eigenvalue weighted by atomic mass is 9.82. The molecule has 2 fully saturated rings. The predicted molar refractivity (Wildman–Crippen MR) is 70.5 cm³/mol. The third-order valence-electron chi connectivity index (χ3n) is 5.68. The van der Waals surface area contributed by atoms with Crippen molar-refractivity contribution in [2.75, 3.05) is 6.54 Å². The van der Waals surface area contributed by atoms with Gasteiger partial charge in [-0.25, -0.2) is 0 Å². The Labute approximate surface area is 101 Å². The first-order chi connectivity index (χ1) is 7.35. The lowest BCUT2D eigenvalue weighted by Crippen LogP contribution is -2.30. The third kappa shape index (κ3) is 2.03. The topological polar surface area (TPSA) is 12.0 Å². The van der Waals surface area contributed by atoms with Crippen LogP contribution < -0.4 is 5.32 Å². The molecule has 2 saturated carbocycles. The Bertz CT molecular complexity index is 240. The molecule has 94 valence electrons. The lowest BCUT2D eigenvalue weighted by molar-refractivity contribution is 0.270. The Balaban J connectivity index is 1.77. The molecule has 2 atom stereocenters. The van der Waals surface area contributed by atoms with Crippen LogP contribution in [0.15, 0.2) is 0 Å². The first-order valence-electron chi connectivity index (χ1n) is 7.09. The molecule has 2 aliphatic rings. The molecule has 0 aromatic carbocycles. The molecular formula is C15H29N. The highest BCUT2D eigenvalue weighted by atomic mass is 15.0. The SMILES string of the molecule is CC1CCCC(CNC2C(C)(C)C2(C)C)C1. The average molecular weight is 223 g/mol. The van der Waals surface area contributed by atoms with Crippen LogP contribution in [0.2, 0.25) is 0 Å². The van der Waals surface area contributed by atoms with Crippen molar-refractivity contribution in [1.82, 2.24) is 5.32 Å². The van der Waals surface area contributed by atoms with Gasteiger partial charge in [0.05, 0.1) is 0 Å². The molecule has 2 rings (SSSR count). The molecule has 0 amide bonds. The standard InChI is InChI=1S/C15H29N/c1-11-7-6-8-12(9-11)10-16-13-14(2,3)15(13,4)5/h11-13,16H,6-10H2,1-5H3. The molecule has 0 aromatic heterocycles. The van der Waals surface area contributed by atoms with Crippen molar-refractivity contribution >= 4 is 0 Å². The summed E-state index contributed by atoms with van der Waals surface area (Å²) in [5.74, 6) is 1.90. The first kappa shape index (κ1) is 12.4. The largest absolute Gasteiger partial charge is 0.313 e. The van der Waals surface area contributed by atoms with Gasteiger partial charge in [-0.1, -0.05) is 47.5 Å². The molecule has 0 radical (unpaired) electrons. The molecular weight excluding hydrogens is 194 g/mol. The molecule has 16 heavy (non-hydrogen) atoms. The van der Waals surface area contributed by atoms with Crippen LogP contribution >= 0.6 is 0 Å². The Morgan fingerprint density at radius 3 is 2.19 bits per heavy atom. The maximum atomic E-state index is 3.83. The van der Waals surface area contributed by atoms with Gasteiger partial charge < -0.3 is 5.32 Å². The Hall–Kier alpha value is -0.0400. The van der Waals surface area contributed by atoms with E-state index in [1.54, 1.807) is 0 Å². The van der Waals surface area contributed by atoms with Crippen molar-refractivity contribution in [2.45, 2.75) is 66.3 Å². The molecule has 0 bridgehead atoms. The number of hydrogen-bond donors (Lipinski definition) is 1. The van der Waals surface area contributed by atoms with E-state index in [0.717, 1.165) is 17.9 Å². The van der Waals surface area contributed by atoms with E-state index in [0.29, 0.717) is 10.8 Å². The van der Waals surface area contributed by atoms with E-state index in [2.05, 4.69) is 39.9 Å². The van der Waals surface area contributed by atoms with Crippen LogP contribution in [0.5, 0.6) is 0 Å². The molecule has 1 heteroatoms. The molecule has 2 aliphatic carbocycles. The fraction of sp³-hybridized carbons (Fsp3) is 1.00. The van der Waals surface area contributed by atoms with Gasteiger partial charge in [0.15, 0.2) is 0 Å². The molecule has 0 aromatic rings. The minimum atomic E-state index is 0.493. The number of nitrogens with one attached hydrogen (secondary N) is 1. The summed E-state index contributed by atoms with van der Waals surface area (Å²) in [5, 5.41) is 3.83. The normalized spacial score (nSPS) is 37.3. The van der Waals surface area contributed by atoms with Gasteiger partial charge in [0.2, 0.25) is 0 Å². The summed E-state index contributed by atoms with van der Waals surface area (Å²) in [6.07, 6.45) is 5.80. The number of hydrogen-bond acceptors (Lipinski definition) is 1. The molecule has 0 aliphatic heterocycles. The third-order valence-corrected chi connectivity index (χ3v) is 5.68. The molecule has 1 N–H and O–H groups in total. The van der Waals surface area contributed by atoms with E-state index in [-0.39, 0.29) is 0 Å². The summed E-state index contributed by atoms with van der Waals surface area (Å²) in [6.45, 7) is 13.3. The van der Waals surface area contributed by atoms with E-state index < -0.39 is 0 Å². The first-order valence-corrected chi connectivity index (χ1v) is 7.09. The quantitative estimate of drug-likeness (QED) is 0.766. The zero-order valence-corrected chi connectivity index (χ0v) is 11.8. The lowest BCUT2D eigenvalue weighted by Gasteiger charge is -2.27. The summed E-state index contributed by atoms with van der Waals surface area (Å²) in [7, 11) is 0. The van der Waals surface area contributed by atoms with E-state index in [9.17, 15) is 0 Å². The second-order valence-electron chi connectivity index (χ2n) is 7.42. The van der Waals surface area contributed by atoms with Crippen molar-refractivity contribution in [2.24, 2.45) is 22.7 Å². The van der Waals surface area contributed by atoms with Crippen molar-refractivity contribution in [3.63, 3.8) is 0 Å². The molecule has 2 unspecified atom stereocenters. The predicted octanol–water partition coefficient (Wildman–Crippen LogP) is 3.84. The van der Waals surface area contributed by atoms with E-state index in [4.69, 9.17) is 0 Å². The second kappa shape index (κ2) is 4.01. The van der Waals surface area contributed by atoms with Crippen LogP contribution in [0.4, 0.5) is 0 Å². The molecule has 0 saturated heterocycles. The fourth-order valence-electron chi connectivity index (χ4n) is 3.74. The minimum absolute atomic E-state index is 0.493. The van der Waals surface area contributed by atoms with Crippen LogP contribution in [0.3, 0.4) is 0 Å². The van der Waals surface area contributed by atoms with Crippen LogP contribution in [0, 0.1) is 22.7 Å². The van der Waals surface area contributed by atoms with Gasteiger partial charge in [-0.05, 0) is 42.1 Å². The van der Waals surface area contributed by atoms with Gasteiger partial charge in [0.1, 0.15) is 0 Å². The second-order valence-corrected chi connectivity index (χ2v) is 7.42. The Morgan fingerprint density at radius 2 is 1.69 bits per heavy atom. The van der Waals surface area contributed by atoms with Crippen molar-refractivity contribution < 1.29 is 0 Å². The van der Waals surface area contributed by atoms with E-state index in [1.807, 2.05) is 0 Å². The van der Waals surface area contributed by atoms with Crippen molar-refractivity contribution in [1.29, 1.82) is 0 Å². The van der Waals surface area contributed by atoms with E-state index >= 15 is 0 Å². The highest BCUT2D eigenvalue weighted by Crippen LogP contribution is 2.62. The average Bonchev–Trinajstić information content (AvgIpc) is 2.55. The van der Waals surface area contributed by atoms with Gasteiger partial charge >= 0.3 is 0 Å². The maximum Gasteiger partial charge on any atom is 0.0181 e. The summed E-state index contributed by atoms with van der Waals surface area (Å²) in [6, 6.07) is 0.734. The van der Waals surface area contributed by atoms with Crippen molar-refractivity contribution in [3.05, 3.63) is 0 Å². The maximum absolute atomic E-state index is 3.83. The van der Waals surface area contributed by atoms with Crippen LogP contribution in [0.1, 0.15) is 60.3 Å². The van der Waals surface area contributed by atoms with Crippen LogP contribution in [-0.4, -0.2) is 12.6 Å². The van der Waals surface area contributed by atoms with Gasteiger partial charge in [0.25, 0.3) is 0 Å². The minimum Gasteiger partial charge on any atom is -0.313 e. The molecule has 1 nitrogen and oxygen atoms in total. The molecule has 0 heterocycles. The fourth-order valence-corrected chi connectivity index (χ4v) is 3.74. The monoisotopic (exact) mass is 223 g/mol. The zero-order chi connectivity index (χ0) is 12.0. The zero-order valence-electron chi connectivity index (χ0n) is 11.8. The van der Waals surface area contributed by atoms with E-state index in [1.165, 1.54) is 32.2 Å². The summed E-state index contributed by atoms with van der Waals surface area (Å²) in [4.78, 5) is 0. The van der Waals surface area contributed by atoms with Crippen LogP contribution in [0.25, 0.3) is 0 Å². The summed E-state index contributed by atoms with van der Waals surface area (Å²) in [5.41, 5.74) is 0.987. The van der Waals surface area contributed by atoms with Gasteiger partial charge in [-0.3, -0.25) is 0 Å². The van der Waals surface area contributed by atoms with Crippen molar-refractivity contribution in [3.8, 4) is 0 Å². The molecule has 0 spiro atoms. The Kier molecular flexibility index (Phi) is 3.11. The van der Waals surface area contributed by atoms with Crippen LogP contribution in [-0.2, 0) is 0 Å².